The van der Waals surface area contributed by atoms with Gasteiger partial charge in [0.25, 0.3) is 0 Å². The lowest BCUT2D eigenvalue weighted by molar-refractivity contribution is 0.414. The minimum absolute atomic E-state index is 0.0113. The summed E-state index contributed by atoms with van der Waals surface area (Å²) in [6.07, 6.45) is 0. The van der Waals surface area contributed by atoms with Gasteiger partial charge in [0.15, 0.2) is 5.82 Å². The highest BCUT2D eigenvalue weighted by molar-refractivity contribution is 6.33. The fraction of sp³-hybridized carbons (Fsp3) is 0.200. The molecule has 1 N–H and O–H groups in total. The van der Waals surface area contributed by atoms with Gasteiger partial charge in [0.1, 0.15) is 11.6 Å². The van der Waals surface area contributed by atoms with Crippen molar-refractivity contribution in [1.29, 1.82) is 0 Å². The van der Waals surface area contributed by atoms with Gasteiger partial charge in [-0.05, 0) is 30.7 Å². The second-order valence-electron chi connectivity index (χ2n) is 4.39. The van der Waals surface area contributed by atoms with E-state index in [-0.39, 0.29) is 16.8 Å². The number of hydrogen-bond acceptors (Lipinski definition) is 2. The average Bonchev–Trinajstić information content (AvgIpc) is 2.42. The van der Waals surface area contributed by atoms with Gasteiger partial charge in [-0.2, -0.15) is 0 Å². The van der Waals surface area contributed by atoms with Crippen molar-refractivity contribution in [1.82, 2.24) is 0 Å². The molecule has 1 atom stereocenters. The standard InChI is InChI=1S/C15H14ClF2NO/c1-9(10-4-3-5-12(6-10)20-2)19-15-13(16)7-11(17)8-14(15)18/h3-9,19H,1-2H3. The van der Waals surface area contributed by atoms with Crippen LogP contribution in [0.2, 0.25) is 5.02 Å². The van der Waals surface area contributed by atoms with E-state index in [1.807, 2.05) is 31.2 Å². The minimum Gasteiger partial charge on any atom is -0.497 e. The predicted molar refractivity (Wildman–Crippen MR) is 76.4 cm³/mol. The molecule has 0 fully saturated rings. The van der Waals surface area contributed by atoms with Crippen molar-refractivity contribution < 1.29 is 13.5 Å². The highest BCUT2D eigenvalue weighted by atomic mass is 35.5. The highest BCUT2D eigenvalue weighted by Crippen LogP contribution is 2.30. The van der Waals surface area contributed by atoms with Crippen molar-refractivity contribution in [2.45, 2.75) is 13.0 Å². The van der Waals surface area contributed by atoms with E-state index in [4.69, 9.17) is 16.3 Å². The van der Waals surface area contributed by atoms with Crippen LogP contribution in [0, 0.1) is 11.6 Å². The summed E-state index contributed by atoms with van der Waals surface area (Å²) < 4.78 is 31.9. The normalized spacial score (nSPS) is 12.1. The van der Waals surface area contributed by atoms with Crippen LogP contribution >= 0.6 is 11.6 Å². The van der Waals surface area contributed by atoms with E-state index in [9.17, 15) is 8.78 Å². The van der Waals surface area contributed by atoms with Gasteiger partial charge in [0.2, 0.25) is 0 Å². The number of nitrogens with one attached hydrogen (secondary N) is 1. The molecule has 2 nitrogen and oxygen atoms in total. The molecule has 2 rings (SSSR count). The van der Waals surface area contributed by atoms with Crippen LogP contribution in [0.25, 0.3) is 0 Å². The van der Waals surface area contributed by atoms with Crippen LogP contribution in [0.1, 0.15) is 18.5 Å². The summed E-state index contributed by atoms with van der Waals surface area (Å²) in [5.41, 5.74) is 0.993. The molecule has 0 heterocycles. The fourth-order valence-corrected chi connectivity index (χ4v) is 2.14. The molecule has 2 aromatic carbocycles. The van der Waals surface area contributed by atoms with Gasteiger partial charge < -0.3 is 10.1 Å². The van der Waals surface area contributed by atoms with E-state index in [2.05, 4.69) is 5.32 Å². The lowest BCUT2D eigenvalue weighted by Crippen LogP contribution is -2.09. The number of methoxy groups -OCH3 is 1. The van der Waals surface area contributed by atoms with Crippen molar-refractivity contribution in [2.24, 2.45) is 0 Å². The summed E-state index contributed by atoms with van der Waals surface area (Å²) in [6.45, 7) is 1.86. The topological polar surface area (TPSA) is 21.3 Å². The zero-order valence-electron chi connectivity index (χ0n) is 11.1. The molecule has 0 saturated carbocycles. The molecule has 0 aromatic heterocycles. The predicted octanol–water partition coefficient (Wildman–Crippen LogP) is 4.80. The summed E-state index contributed by atoms with van der Waals surface area (Å²) in [5, 5.41) is 2.96. The molecular weight excluding hydrogens is 284 g/mol. The maximum Gasteiger partial charge on any atom is 0.150 e. The summed E-state index contributed by atoms with van der Waals surface area (Å²) in [4.78, 5) is 0. The van der Waals surface area contributed by atoms with Gasteiger partial charge in [0, 0.05) is 12.1 Å². The third kappa shape index (κ3) is 3.20. The van der Waals surface area contributed by atoms with Crippen LogP contribution in [0.3, 0.4) is 0 Å². The van der Waals surface area contributed by atoms with Gasteiger partial charge in [-0.3, -0.25) is 0 Å². The first-order chi connectivity index (χ1) is 9.51. The van der Waals surface area contributed by atoms with Crippen molar-refractivity contribution in [3.05, 3.63) is 58.6 Å². The highest BCUT2D eigenvalue weighted by Gasteiger charge is 2.14. The Morgan fingerprint density at radius 1 is 1.20 bits per heavy atom. The molecule has 2 aromatic rings. The first-order valence-electron chi connectivity index (χ1n) is 6.06. The van der Waals surface area contributed by atoms with Crippen LogP contribution in [0.5, 0.6) is 5.75 Å². The average molecular weight is 298 g/mol. The second kappa shape index (κ2) is 6.09. The zero-order chi connectivity index (χ0) is 14.7. The summed E-state index contributed by atoms with van der Waals surface area (Å²) in [7, 11) is 1.58. The van der Waals surface area contributed by atoms with E-state index >= 15 is 0 Å². The van der Waals surface area contributed by atoms with Gasteiger partial charge in [-0.25, -0.2) is 8.78 Å². The minimum atomic E-state index is -0.718. The Kier molecular flexibility index (Phi) is 4.45. The van der Waals surface area contributed by atoms with E-state index in [1.54, 1.807) is 7.11 Å². The molecule has 5 heteroatoms. The molecule has 0 radical (unpaired) electrons. The molecule has 0 aliphatic carbocycles. The Labute approximate surface area is 121 Å². The van der Waals surface area contributed by atoms with Crippen LogP contribution in [-0.4, -0.2) is 7.11 Å². The summed E-state index contributed by atoms with van der Waals surface area (Å²) >= 11 is 5.86. The Balaban J connectivity index is 2.25. The third-order valence-electron chi connectivity index (χ3n) is 2.96. The van der Waals surface area contributed by atoms with Crippen LogP contribution < -0.4 is 10.1 Å². The Morgan fingerprint density at radius 3 is 2.60 bits per heavy atom. The van der Waals surface area contributed by atoms with E-state index in [1.165, 1.54) is 0 Å². The fourth-order valence-electron chi connectivity index (χ4n) is 1.89. The molecule has 0 aliphatic heterocycles. The summed E-state index contributed by atoms with van der Waals surface area (Å²) in [5.74, 6) is -0.710. The SMILES string of the molecule is COc1cccc(C(C)Nc2c(F)cc(F)cc2Cl)c1. The third-order valence-corrected chi connectivity index (χ3v) is 3.26. The van der Waals surface area contributed by atoms with Gasteiger partial charge in [-0.15, -0.1) is 0 Å². The van der Waals surface area contributed by atoms with Crippen molar-refractivity contribution in [3.63, 3.8) is 0 Å². The van der Waals surface area contributed by atoms with E-state index < -0.39 is 11.6 Å². The number of hydrogen-bond donors (Lipinski definition) is 1. The Morgan fingerprint density at radius 2 is 1.95 bits per heavy atom. The number of benzene rings is 2. The maximum atomic E-state index is 13.7. The van der Waals surface area contributed by atoms with Crippen LogP contribution in [-0.2, 0) is 0 Å². The monoisotopic (exact) mass is 297 g/mol. The molecule has 0 aliphatic rings. The first kappa shape index (κ1) is 14.6. The number of halogens is 3. The van der Waals surface area contributed by atoms with Gasteiger partial charge >= 0.3 is 0 Å². The van der Waals surface area contributed by atoms with E-state index in [0.717, 1.165) is 17.7 Å². The first-order valence-corrected chi connectivity index (χ1v) is 6.44. The lowest BCUT2D eigenvalue weighted by atomic mass is 10.1. The zero-order valence-corrected chi connectivity index (χ0v) is 11.8. The Hall–Kier alpha value is -1.81. The smallest absolute Gasteiger partial charge is 0.150 e. The largest absolute Gasteiger partial charge is 0.497 e. The molecule has 0 saturated heterocycles. The molecule has 0 amide bonds. The quantitative estimate of drug-likeness (QED) is 0.875. The molecule has 106 valence electrons. The number of rotatable bonds is 4. The number of ether oxygens (including phenoxy) is 1. The summed E-state index contributed by atoms with van der Waals surface area (Å²) in [6, 6.07) is 9.05. The van der Waals surface area contributed by atoms with Crippen molar-refractivity contribution in [2.75, 3.05) is 12.4 Å². The molecular formula is C15H14ClF2NO. The molecule has 20 heavy (non-hydrogen) atoms. The molecule has 0 spiro atoms. The van der Waals surface area contributed by atoms with Crippen molar-refractivity contribution in [3.8, 4) is 5.75 Å². The van der Waals surface area contributed by atoms with E-state index in [0.29, 0.717) is 5.75 Å². The lowest BCUT2D eigenvalue weighted by Gasteiger charge is -2.18. The van der Waals surface area contributed by atoms with Crippen LogP contribution in [0.15, 0.2) is 36.4 Å². The van der Waals surface area contributed by atoms with Gasteiger partial charge in [-0.1, -0.05) is 23.7 Å². The second-order valence-corrected chi connectivity index (χ2v) is 4.79. The Bertz CT molecular complexity index is 596. The number of anilines is 1. The maximum absolute atomic E-state index is 13.7. The van der Waals surface area contributed by atoms with Crippen LogP contribution in [0.4, 0.5) is 14.5 Å². The molecule has 1 unspecified atom stereocenters. The van der Waals surface area contributed by atoms with Gasteiger partial charge in [0.05, 0.1) is 17.8 Å². The molecule has 0 bridgehead atoms. The van der Waals surface area contributed by atoms with Crippen molar-refractivity contribution >= 4 is 17.3 Å².